The van der Waals surface area contributed by atoms with Gasteiger partial charge in [0.05, 0.1) is 16.1 Å². The van der Waals surface area contributed by atoms with Crippen LogP contribution in [0.5, 0.6) is 5.75 Å². The van der Waals surface area contributed by atoms with Gasteiger partial charge >= 0.3 is 5.97 Å². The number of nitrogens with one attached hydrogen (secondary N) is 2. The molecule has 0 aliphatic heterocycles. The molecule has 1 amide bonds. The summed E-state index contributed by atoms with van der Waals surface area (Å²) >= 11 is 0. The number of sulfonamides is 1. The molecule has 0 saturated heterocycles. The molecule has 0 saturated carbocycles. The van der Waals surface area contributed by atoms with Crippen molar-refractivity contribution in [3.63, 3.8) is 0 Å². The highest BCUT2D eigenvalue weighted by atomic mass is 32.2. The fourth-order valence-corrected chi connectivity index (χ4v) is 2.95. The van der Waals surface area contributed by atoms with Gasteiger partial charge in [-0.25, -0.2) is 13.2 Å². The van der Waals surface area contributed by atoms with Gasteiger partial charge in [0.1, 0.15) is 5.75 Å². The molecule has 9 heteroatoms. The molecular weight excluding hydrogens is 336 g/mol. The highest BCUT2D eigenvalue weighted by Crippen LogP contribution is 2.27. The van der Waals surface area contributed by atoms with Crippen LogP contribution < -0.4 is 10.0 Å². The first kappa shape index (κ1) is 17.3. The van der Waals surface area contributed by atoms with Gasteiger partial charge in [-0.3, -0.25) is 9.52 Å². The maximum Gasteiger partial charge on any atom is 0.335 e. The number of phenols is 1. The Morgan fingerprint density at radius 3 is 2.17 bits per heavy atom. The Morgan fingerprint density at radius 1 is 1.04 bits per heavy atom. The third-order valence-corrected chi connectivity index (χ3v) is 4.36. The van der Waals surface area contributed by atoms with Gasteiger partial charge < -0.3 is 15.5 Å². The molecule has 2 aromatic rings. The molecule has 2 rings (SSSR count). The first-order chi connectivity index (χ1) is 11.2. The number of phenolic OH excluding ortho intramolecular Hbond substituents is 1. The van der Waals surface area contributed by atoms with E-state index in [0.29, 0.717) is 5.69 Å². The highest BCUT2D eigenvalue weighted by Gasteiger charge is 2.17. The molecule has 0 aromatic heterocycles. The lowest BCUT2D eigenvalue weighted by Crippen LogP contribution is -2.13. The second kappa shape index (κ2) is 6.59. The fourth-order valence-electron chi connectivity index (χ4n) is 1.88. The number of carboxylic acid groups (broad SMARTS) is 1. The Morgan fingerprint density at radius 2 is 1.67 bits per heavy atom. The summed E-state index contributed by atoms with van der Waals surface area (Å²) in [6, 6.07) is 8.68. The summed E-state index contributed by atoms with van der Waals surface area (Å²) in [5.41, 5.74) is 0.121. The number of hydrogen-bond acceptors (Lipinski definition) is 5. The fraction of sp³-hybridized carbons (Fsp3) is 0.0667. The summed E-state index contributed by atoms with van der Waals surface area (Å²) in [7, 11) is -3.98. The van der Waals surface area contributed by atoms with Crippen molar-refractivity contribution < 1.29 is 28.2 Å². The number of hydrogen-bond donors (Lipinski definition) is 4. The van der Waals surface area contributed by atoms with Gasteiger partial charge in [-0.2, -0.15) is 0 Å². The van der Waals surface area contributed by atoms with Crippen LogP contribution in [0.1, 0.15) is 17.3 Å². The predicted octanol–water partition coefficient (Wildman–Crippen LogP) is 1.85. The van der Waals surface area contributed by atoms with E-state index >= 15 is 0 Å². The maximum absolute atomic E-state index is 12.3. The molecular formula is C15H14N2O6S. The normalized spacial score (nSPS) is 10.9. The first-order valence-corrected chi connectivity index (χ1v) is 8.14. The molecule has 24 heavy (non-hydrogen) atoms. The number of amides is 1. The third kappa shape index (κ3) is 4.02. The summed E-state index contributed by atoms with van der Waals surface area (Å²) in [6.45, 7) is 1.33. The molecule has 0 aliphatic carbocycles. The van der Waals surface area contributed by atoms with E-state index in [2.05, 4.69) is 10.0 Å². The van der Waals surface area contributed by atoms with Crippen LogP contribution in [-0.2, 0) is 14.8 Å². The molecule has 8 nitrogen and oxygen atoms in total. The van der Waals surface area contributed by atoms with E-state index in [1.54, 1.807) is 0 Å². The number of carbonyl (C=O) groups is 2. The van der Waals surface area contributed by atoms with E-state index in [9.17, 15) is 23.1 Å². The van der Waals surface area contributed by atoms with Crippen molar-refractivity contribution in [3.8, 4) is 5.75 Å². The molecule has 4 N–H and O–H groups in total. The molecule has 0 aliphatic rings. The van der Waals surface area contributed by atoms with Gasteiger partial charge in [-0.05, 0) is 42.5 Å². The maximum atomic E-state index is 12.3. The molecule has 2 aromatic carbocycles. The number of aromatic hydroxyl groups is 1. The van der Waals surface area contributed by atoms with Crippen molar-refractivity contribution in [1.82, 2.24) is 0 Å². The van der Waals surface area contributed by atoms with Gasteiger partial charge in [0.15, 0.2) is 0 Å². The molecule has 0 heterocycles. The Labute approximate surface area is 137 Å². The van der Waals surface area contributed by atoms with E-state index in [4.69, 9.17) is 5.11 Å². The molecule has 126 valence electrons. The standard InChI is InChI=1S/C15H14N2O6S/c1-9(18)16-11-3-5-12(6-4-11)24(22,23)17-13-7-2-10(15(20)21)8-14(13)19/h2-8,17,19H,1H3,(H,16,18)(H,20,21). The average molecular weight is 350 g/mol. The van der Waals surface area contributed by atoms with Gasteiger partial charge in [0.25, 0.3) is 10.0 Å². The van der Waals surface area contributed by atoms with Gasteiger partial charge in [-0.15, -0.1) is 0 Å². The third-order valence-electron chi connectivity index (χ3n) is 2.97. The Kier molecular flexibility index (Phi) is 4.74. The lowest BCUT2D eigenvalue weighted by Gasteiger charge is -2.11. The zero-order valence-electron chi connectivity index (χ0n) is 12.5. The van der Waals surface area contributed by atoms with Crippen molar-refractivity contribution in [2.24, 2.45) is 0 Å². The van der Waals surface area contributed by atoms with E-state index < -0.39 is 21.7 Å². The minimum absolute atomic E-state index is 0.0849. The first-order valence-electron chi connectivity index (χ1n) is 6.66. The summed E-state index contributed by atoms with van der Waals surface area (Å²) in [6.07, 6.45) is 0. The van der Waals surface area contributed by atoms with Gasteiger partial charge in [-0.1, -0.05) is 0 Å². The highest BCUT2D eigenvalue weighted by molar-refractivity contribution is 7.92. The van der Waals surface area contributed by atoms with Crippen LogP contribution in [-0.4, -0.2) is 30.5 Å². The van der Waals surface area contributed by atoms with Crippen molar-refractivity contribution in [2.45, 2.75) is 11.8 Å². The molecule has 0 radical (unpaired) electrons. The van der Waals surface area contributed by atoms with Crippen molar-refractivity contribution >= 4 is 33.3 Å². The minimum Gasteiger partial charge on any atom is -0.506 e. The van der Waals surface area contributed by atoms with E-state index in [0.717, 1.165) is 12.1 Å². The van der Waals surface area contributed by atoms with Crippen LogP contribution in [0.25, 0.3) is 0 Å². The summed E-state index contributed by atoms with van der Waals surface area (Å²) < 4.78 is 26.7. The van der Waals surface area contributed by atoms with Crippen LogP contribution >= 0.6 is 0 Å². The summed E-state index contributed by atoms with van der Waals surface area (Å²) in [5, 5.41) is 21.1. The largest absolute Gasteiger partial charge is 0.506 e. The van der Waals surface area contributed by atoms with Gasteiger partial charge in [0, 0.05) is 12.6 Å². The van der Waals surface area contributed by atoms with E-state index in [-0.39, 0.29) is 22.1 Å². The quantitative estimate of drug-likeness (QED) is 0.608. The molecule has 0 unspecified atom stereocenters. The average Bonchev–Trinajstić information content (AvgIpc) is 2.49. The molecule has 0 spiro atoms. The van der Waals surface area contributed by atoms with Crippen molar-refractivity contribution in [2.75, 3.05) is 10.0 Å². The zero-order valence-corrected chi connectivity index (χ0v) is 13.3. The number of anilines is 2. The van der Waals surface area contributed by atoms with E-state index in [1.165, 1.54) is 37.3 Å². The predicted molar refractivity (Wildman–Crippen MR) is 86.6 cm³/mol. The van der Waals surface area contributed by atoms with Crippen LogP contribution in [0.3, 0.4) is 0 Å². The summed E-state index contributed by atoms with van der Waals surface area (Å²) in [5.74, 6) is -2.03. The van der Waals surface area contributed by atoms with Crippen LogP contribution in [0.15, 0.2) is 47.4 Å². The van der Waals surface area contributed by atoms with E-state index in [1.807, 2.05) is 0 Å². The SMILES string of the molecule is CC(=O)Nc1ccc(S(=O)(=O)Nc2ccc(C(=O)O)cc2O)cc1. The smallest absolute Gasteiger partial charge is 0.335 e. The molecule has 0 fully saturated rings. The van der Waals surface area contributed by atoms with Crippen molar-refractivity contribution in [3.05, 3.63) is 48.0 Å². The minimum atomic E-state index is -3.98. The molecule has 0 bridgehead atoms. The number of carboxylic acids is 1. The van der Waals surface area contributed by atoms with Crippen LogP contribution in [0.4, 0.5) is 11.4 Å². The Balaban J connectivity index is 2.25. The second-order valence-corrected chi connectivity index (χ2v) is 6.53. The Bertz CT molecular complexity index is 891. The van der Waals surface area contributed by atoms with Crippen molar-refractivity contribution in [1.29, 1.82) is 0 Å². The van der Waals surface area contributed by atoms with Crippen LogP contribution in [0.2, 0.25) is 0 Å². The number of aromatic carboxylic acids is 1. The lowest BCUT2D eigenvalue weighted by molar-refractivity contribution is -0.114. The Hall–Kier alpha value is -3.07. The van der Waals surface area contributed by atoms with Crippen LogP contribution in [0, 0.1) is 0 Å². The second-order valence-electron chi connectivity index (χ2n) is 4.85. The monoisotopic (exact) mass is 350 g/mol. The summed E-state index contributed by atoms with van der Waals surface area (Å²) in [4.78, 5) is 21.7. The lowest BCUT2D eigenvalue weighted by atomic mass is 10.2. The number of benzene rings is 2. The number of carbonyl (C=O) groups excluding carboxylic acids is 1. The van der Waals surface area contributed by atoms with Gasteiger partial charge in [0.2, 0.25) is 5.91 Å². The number of rotatable bonds is 5. The topological polar surface area (TPSA) is 133 Å². The zero-order chi connectivity index (χ0) is 17.9. The molecule has 0 atom stereocenters.